The van der Waals surface area contributed by atoms with E-state index in [0.29, 0.717) is 17.4 Å². The Morgan fingerprint density at radius 2 is 1.83 bits per heavy atom. The molecule has 0 atom stereocenters. The van der Waals surface area contributed by atoms with E-state index >= 15 is 0 Å². The van der Waals surface area contributed by atoms with Gasteiger partial charge in [-0.15, -0.1) is 0 Å². The quantitative estimate of drug-likeness (QED) is 0.879. The highest BCUT2D eigenvalue weighted by Gasteiger charge is 2.14. The van der Waals surface area contributed by atoms with E-state index in [9.17, 15) is 4.79 Å². The van der Waals surface area contributed by atoms with E-state index in [2.05, 4.69) is 20.6 Å². The number of nitrogens with one attached hydrogen (secondary N) is 2. The zero-order chi connectivity index (χ0) is 16.8. The van der Waals surface area contributed by atoms with Gasteiger partial charge in [-0.05, 0) is 37.1 Å². The molecule has 0 radical (unpaired) electrons. The number of carbonyl (C=O) groups excluding carboxylic acids is 1. The van der Waals surface area contributed by atoms with Crippen molar-refractivity contribution in [2.45, 2.75) is 38.1 Å². The first-order valence-electron chi connectivity index (χ1n) is 8.28. The molecule has 1 aliphatic carbocycles. The highest BCUT2D eigenvalue weighted by Crippen LogP contribution is 2.20. The van der Waals surface area contributed by atoms with Gasteiger partial charge in [0.25, 0.3) is 5.91 Å². The van der Waals surface area contributed by atoms with Gasteiger partial charge in [0.2, 0.25) is 0 Å². The van der Waals surface area contributed by atoms with Crippen LogP contribution in [0, 0.1) is 0 Å². The molecule has 2 aromatic rings. The maximum Gasteiger partial charge on any atom is 0.275 e. The van der Waals surface area contributed by atoms with E-state index in [0.717, 1.165) is 11.6 Å². The molecule has 1 aromatic heterocycles. The van der Waals surface area contributed by atoms with E-state index in [1.54, 1.807) is 37.6 Å². The fraction of sp³-hybridized carbons (Fsp3) is 0.389. The Bertz CT molecular complexity index is 664. The minimum atomic E-state index is -0.281. The van der Waals surface area contributed by atoms with Gasteiger partial charge in [0.05, 0.1) is 19.5 Å². The molecule has 1 saturated carbocycles. The van der Waals surface area contributed by atoms with Crippen molar-refractivity contribution < 1.29 is 9.53 Å². The predicted octanol–water partition coefficient (Wildman–Crippen LogP) is 3.48. The second kappa shape index (κ2) is 7.77. The summed E-state index contributed by atoms with van der Waals surface area (Å²) in [4.78, 5) is 20.7. The highest BCUT2D eigenvalue weighted by molar-refractivity contribution is 6.02. The summed E-state index contributed by atoms with van der Waals surface area (Å²) < 4.78 is 5.09. The normalized spacial score (nSPS) is 14.9. The topological polar surface area (TPSA) is 76.1 Å². The number of carbonyl (C=O) groups is 1. The molecule has 24 heavy (non-hydrogen) atoms. The number of benzene rings is 1. The van der Waals surface area contributed by atoms with Crippen molar-refractivity contribution in [3.63, 3.8) is 0 Å². The first kappa shape index (κ1) is 16.2. The number of amides is 1. The fourth-order valence-electron chi connectivity index (χ4n) is 2.85. The van der Waals surface area contributed by atoms with Gasteiger partial charge in [-0.25, -0.2) is 9.97 Å². The number of nitrogens with zero attached hydrogens (tertiary/aromatic N) is 2. The van der Waals surface area contributed by atoms with Crippen LogP contribution < -0.4 is 15.4 Å². The second-order valence-electron chi connectivity index (χ2n) is 5.95. The largest absolute Gasteiger partial charge is 0.497 e. The monoisotopic (exact) mass is 326 g/mol. The molecule has 1 amide bonds. The average molecular weight is 326 g/mol. The number of ether oxygens (including phenoxy) is 1. The van der Waals surface area contributed by atoms with Crippen molar-refractivity contribution in [3.05, 3.63) is 42.4 Å². The maximum absolute atomic E-state index is 12.2. The summed E-state index contributed by atoms with van der Waals surface area (Å²) in [5.74, 6) is 1.19. The van der Waals surface area contributed by atoms with E-state index < -0.39 is 0 Å². The second-order valence-corrected chi connectivity index (χ2v) is 5.95. The third kappa shape index (κ3) is 4.22. The minimum absolute atomic E-state index is 0.281. The summed E-state index contributed by atoms with van der Waals surface area (Å²) >= 11 is 0. The van der Waals surface area contributed by atoms with Crippen LogP contribution in [0.25, 0.3) is 0 Å². The summed E-state index contributed by atoms with van der Waals surface area (Å²) in [5.41, 5.74) is 0.979. The molecule has 0 unspecified atom stereocenters. The molecular weight excluding hydrogens is 304 g/mol. The highest BCUT2D eigenvalue weighted by atomic mass is 16.5. The van der Waals surface area contributed by atoms with Crippen LogP contribution in [0.4, 0.5) is 11.5 Å². The van der Waals surface area contributed by atoms with Gasteiger partial charge in [-0.2, -0.15) is 0 Å². The van der Waals surface area contributed by atoms with Crippen molar-refractivity contribution in [1.29, 1.82) is 0 Å². The third-order valence-electron chi connectivity index (χ3n) is 4.19. The molecule has 0 spiro atoms. The van der Waals surface area contributed by atoms with Crippen LogP contribution in [0.3, 0.4) is 0 Å². The zero-order valence-electron chi connectivity index (χ0n) is 13.8. The molecule has 0 saturated heterocycles. The number of hydrogen-bond acceptors (Lipinski definition) is 5. The first-order valence-corrected chi connectivity index (χ1v) is 8.28. The van der Waals surface area contributed by atoms with Crippen LogP contribution >= 0.6 is 0 Å². The minimum Gasteiger partial charge on any atom is -0.497 e. The van der Waals surface area contributed by atoms with Crippen LogP contribution in [0.15, 0.2) is 36.7 Å². The molecular formula is C18H22N4O2. The van der Waals surface area contributed by atoms with Crippen LogP contribution in [-0.4, -0.2) is 29.0 Å². The van der Waals surface area contributed by atoms with Gasteiger partial charge >= 0.3 is 0 Å². The van der Waals surface area contributed by atoms with Crippen LogP contribution in [-0.2, 0) is 0 Å². The van der Waals surface area contributed by atoms with Crippen LogP contribution in [0.2, 0.25) is 0 Å². The van der Waals surface area contributed by atoms with E-state index in [1.165, 1.54) is 38.3 Å². The van der Waals surface area contributed by atoms with Gasteiger partial charge < -0.3 is 15.4 Å². The van der Waals surface area contributed by atoms with Gasteiger partial charge in [-0.3, -0.25) is 4.79 Å². The zero-order valence-corrected chi connectivity index (χ0v) is 13.8. The summed E-state index contributed by atoms with van der Waals surface area (Å²) in [6, 6.07) is 7.61. The smallest absolute Gasteiger partial charge is 0.275 e. The number of methoxy groups -OCH3 is 1. The van der Waals surface area contributed by atoms with Crippen molar-refractivity contribution in [2.75, 3.05) is 17.7 Å². The van der Waals surface area contributed by atoms with Gasteiger partial charge in [-0.1, -0.05) is 19.3 Å². The van der Waals surface area contributed by atoms with Crippen LogP contribution in [0.1, 0.15) is 42.6 Å². The Labute approximate surface area is 141 Å². The maximum atomic E-state index is 12.2. The lowest BCUT2D eigenvalue weighted by molar-refractivity contribution is 0.102. The number of rotatable bonds is 5. The lowest BCUT2D eigenvalue weighted by Crippen LogP contribution is -2.23. The molecule has 1 aliphatic rings. The third-order valence-corrected chi connectivity index (χ3v) is 4.19. The molecule has 0 bridgehead atoms. The van der Waals surface area contributed by atoms with Crippen molar-refractivity contribution in [1.82, 2.24) is 9.97 Å². The Morgan fingerprint density at radius 3 is 2.46 bits per heavy atom. The lowest BCUT2D eigenvalue weighted by atomic mass is 9.96. The molecule has 6 heteroatoms. The Balaban J connectivity index is 1.58. The summed E-state index contributed by atoms with van der Waals surface area (Å²) in [6.45, 7) is 0. The summed E-state index contributed by atoms with van der Waals surface area (Å²) in [5, 5.41) is 6.18. The van der Waals surface area contributed by atoms with E-state index in [-0.39, 0.29) is 5.91 Å². The predicted molar refractivity (Wildman–Crippen MR) is 93.5 cm³/mol. The standard InChI is InChI=1S/C18H22N4O2/c1-24-15-9-7-14(8-10-15)22-18(23)16-11-20-17(12-19-16)21-13-5-3-2-4-6-13/h7-13H,2-6H2,1H3,(H,20,21)(H,22,23). The van der Waals surface area contributed by atoms with Crippen molar-refractivity contribution in [3.8, 4) is 5.75 Å². The molecule has 1 aromatic carbocycles. The molecule has 1 fully saturated rings. The Hall–Kier alpha value is -2.63. The average Bonchev–Trinajstić information content (AvgIpc) is 2.64. The Morgan fingerprint density at radius 1 is 1.08 bits per heavy atom. The number of anilines is 2. The van der Waals surface area contributed by atoms with Gasteiger partial charge in [0.15, 0.2) is 0 Å². The van der Waals surface area contributed by atoms with Gasteiger partial charge in [0, 0.05) is 11.7 Å². The Kier molecular flexibility index (Phi) is 5.25. The SMILES string of the molecule is COc1ccc(NC(=O)c2cnc(NC3CCCCC3)cn2)cc1. The molecule has 0 aliphatic heterocycles. The van der Waals surface area contributed by atoms with E-state index in [4.69, 9.17) is 4.74 Å². The van der Waals surface area contributed by atoms with Crippen LogP contribution in [0.5, 0.6) is 5.75 Å². The van der Waals surface area contributed by atoms with Crippen molar-refractivity contribution >= 4 is 17.4 Å². The van der Waals surface area contributed by atoms with Gasteiger partial charge in [0.1, 0.15) is 17.3 Å². The lowest BCUT2D eigenvalue weighted by Gasteiger charge is -2.23. The summed E-state index contributed by atoms with van der Waals surface area (Å²) in [7, 11) is 1.60. The molecule has 2 N–H and O–H groups in total. The molecule has 1 heterocycles. The first-order chi connectivity index (χ1) is 11.7. The molecule has 6 nitrogen and oxygen atoms in total. The number of hydrogen-bond donors (Lipinski definition) is 2. The number of aromatic nitrogens is 2. The molecule has 126 valence electrons. The van der Waals surface area contributed by atoms with Crippen molar-refractivity contribution in [2.24, 2.45) is 0 Å². The summed E-state index contributed by atoms with van der Waals surface area (Å²) in [6.07, 6.45) is 9.29. The van der Waals surface area contributed by atoms with E-state index in [1.807, 2.05) is 0 Å². The molecule has 3 rings (SSSR count). The fourth-order valence-corrected chi connectivity index (χ4v) is 2.85.